The predicted molar refractivity (Wildman–Crippen MR) is 82.0 cm³/mol. The second kappa shape index (κ2) is 5.90. The standard InChI is InChI=1S/C13H19N5OS/c1-8-7-10-11(15-5-4-9-3-2-6-19-9)16-13(18-14)17-12(10)20-8/h7,9H,2-6,14H2,1H3,(H2,15,16,17,18). The van der Waals surface area contributed by atoms with E-state index in [2.05, 4.69) is 33.7 Å². The maximum atomic E-state index is 5.62. The number of nitrogens with zero attached hydrogens (tertiary/aromatic N) is 2. The highest BCUT2D eigenvalue weighted by molar-refractivity contribution is 7.18. The van der Waals surface area contributed by atoms with Crippen LogP contribution in [-0.4, -0.2) is 29.2 Å². The fourth-order valence-electron chi connectivity index (χ4n) is 2.46. The lowest BCUT2D eigenvalue weighted by Crippen LogP contribution is -2.15. The van der Waals surface area contributed by atoms with Crippen LogP contribution >= 0.6 is 11.3 Å². The molecule has 0 bridgehead atoms. The molecular weight excluding hydrogens is 274 g/mol. The molecule has 2 aromatic rings. The number of thiophene rings is 1. The van der Waals surface area contributed by atoms with Crippen molar-refractivity contribution in [1.82, 2.24) is 9.97 Å². The van der Waals surface area contributed by atoms with Crippen LogP contribution in [0.3, 0.4) is 0 Å². The topological polar surface area (TPSA) is 85.1 Å². The van der Waals surface area contributed by atoms with Crippen LogP contribution in [0, 0.1) is 6.92 Å². The third-order valence-corrected chi connectivity index (χ3v) is 4.37. The molecule has 0 aliphatic carbocycles. The summed E-state index contributed by atoms with van der Waals surface area (Å²) < 4.78 is 5.62. The molecule has 1 atom stereocenters. The molecule has 4 N–H and O–H groups in total. The number of aryl methyl sites for hydroxylation is 1. The molecule has 6 nitrogen and oxygen atoms in total. The van der Waals surface area contributed by atoms with E-state index in [-0.39, 0.29) is 0 Å². The third kappa shape index (κ3) is 2.84. The van der Waals surface area contributed by atoms with E-state index in [1.807, 2.05) is 0 Å². The Kier molecular flexibility index (Phi) is 4.00. The number of hydrogen-bond donors (Lipinski definition) is 3. The van der Waals surface area contributed by atoms with Gasteiger partial charge in [-0.2, -0.15) is 4.98 Å². The van der Waals surface area contributed by atoms with Gasteiger partial charge in [0.25, 0.3) is 0 Å². The van der Waals surface area contributed by atoms with Gasteiger partial charge in [0, 0.05) is 18.0 Å². The molecule has 1 unspecified atom stereocenters. The normalized spacial score (nSPS) is 18.6. The van der Waals surface area contributed by atoms with Crippen LogP contribution in [0.1, 0.15) is 24.1 Å². The lowest BCUT2D eigenvalue weighted by molar-refractivity contribution is 0.107. The minimum absolute atomic E-state index is 0.385. The molecule has 20 heavy (non-hydrogen) atoms. The number of rotatable bonds is 5. The van der Waals surface area contributed by atoms with Crippen molar-refractivity contribution < 1.29 is 4.74 Å². The largest absolute Gasteiger partial charge is 0.378 e. The number of anilines is 2. The molecule has 0 saturated carbocycles. The molecule has 3 heterocycles. The van der Waals surface area contributed by atoms with Crippen molar-refractivity contribution in [3.8, 4) is 0 Å². The molecule has 0 radical (unpaired) electrons. The number of nitrogens with one attached hydrogen (secondary N) is 2. The van der Waals surface area contributed by atoms with Gasteiger partial charge in [-0.15, -0.1) is 11.3 Å². The molecule has 108 valence electrons. The number of fused-ring (bicyclic) bond motifs is 1. The second-order valence-corrected chi connectivity index (χ2v) is 6.20. The summed E-state index contributed by atoms with van der Waals surface area (Å²) in [4.78, 5) is 10.9. The number of nitrogens with two attached hydrogens (primary N) is 1. The highest BCUT2D eigenvalue weighted by Crippen LogP contribution is 2.29. The van der Waals surface area contributed by atoms with Gasteiger partial charge in [-0.3, -0.25) is 5.43 Å². The van der Waals surface area contributed by atoms with Crippen LogP contribution in [-0.2, 0) is 4.74 Å². The summed E-state index contributed by atoms with van der Waals surface area (Å²) in [5, 5.41) is 4.44. The molecular formula is C13H19N5OS. The smallest absolute Gasteiger partial charge is 0.240 e. The van der Waals surface area contributed by atoms with Gasteiger partial charge < -0.3 is 10.1 Å². The van der Waals surface area contributed by atoms with E-state index in [1.165, 1.54) is 11.3 Å². The monoisotopic (exact) mass is 293 g/mol. The average Bonchev–Trinajstić information content (AvgIpc) is 3.06. The number of hydrazine groups is 1. The third-order valence-electron chi connectivity index (χ3n) is 3.43. The second-order valence-electron chi connectivity index (χ2n) is 4.97. The number of nitrogen functional groups attached to an aromatic ring is 1. The van der Waals surface area contributed by atoms with Crippen molar-refractivity contribution in [3.05, 3.63) is 10.9 Å². The molecule has 1 aliphatic heterocycles. The highest BCUT2D eigenvalue weighted by atomic mass is 32.1. The van der Waals surface area contributed by atoms with Crippen molar-refractivity contribution >= 4 is 33.3 Å². The summed E-state index contributed by atoms with van der Waals surface area (Å²) in [6, 6.07) is 2.11. The van der Waals surface area contributed by atoms with E-state index in [0.29, 0.717) is 12.1 Å². The van der Waals surface area contributed by atoms with Crippen LogP contribution in [0.2, 0.25) is 0 Å². The molecule has 7 heteroatoms. The van der Waals surface area contributed by atoms with Gasteiger partial charge in [0.15, 0.2) is 0 Å². The van der Waals surface area contributed by atoms with Crippen LogP contribution in [0.15, 0.2) is 6.07 Å². The van der Waals surface area contributed by atoms with E-state index < -0.39 is 0 Å². The van der Waals surface area contributed by atoms with E-state index >= 15 is 0 Å². The van der Waals surface area contributed by atoms with Gasteiger partial charge in [0.2, 0.25) is 5.95 Å². The lowest BCUT2D eigenvalue weighted by atomic mass is 10.2. The van der Waals surface area contributed by atoms with E-state index in [1.54, 1.807) is 11.3 Å². The van der Waals surface area contributed by atoms with E-state index in [4.69, 9.17) is 10.6 Å². The van der Waals surface area contributed by atoms with Gasteiger partial charge in [-0.1, -0.05) is 0 Å². The minimum Gasteiger partial charge on any atom is -0.378 e. The van der Waals surface area contributed by atoms with Gasteiger partial charge in [-0.05, 0) is 32.3 Å². The Balaban J connectivity index is 1.74. The molecule has 0 aromatic carbocycles. The van der Waals surface area contributed by atoms with Gasteiger partial charge >= 0.3 is 0 Å². The van der Waals surface area contributed by atoms with Crippen LogP contribution in [0.25, 0.3) is 10.2 Å². The van der Waals surface area contributed by atoms with Crippen LogP contribution in [0.5, 0.6) is 0 Å². The Labute approximate surface area is 121 Å². The quantitative estimate of drug-likeness (QED) is 0.579. The molecule has 1 saturated heterocycles. The van der Waals surface area contributed by atoms with Gasteiger partial charge in [0.05, 0.1) is 11.5 Å². The van der Waals surface area contributed by atoms with Crippen LogP contribution in [0.4, 0.5) is 11.8 Å². The first-order chi connectivity index (χ1) is 9.76. The zero-order valence-corrected chi connectivity index (χ0v) is 12.3. The predicted octanol–water partition coefficient (Wildman–Crippen LogP) is 2.27. The maximum absolute atomic E-state index is 5.62. The van der Waals surface area contributed by atoms with Crippen molar-refractivity contribution in [2.75, 3.05) is 23.9 Å². The molecule has 2 aromatic heterocycles. The summed E-state index contributed by atoms with van der Waals surface area (Å²) in [5.41, 5.74) is 2.52. The Bertz CT molecular complexity index is 594. The SMILES string of the molecule is Cc1cc2c(NCCC3CCCO3)nc(NN)nc2s1. The zero-order valence-electron chi connectivity index (χ0n) is 11.5. The molecule has 0 spiro atoms. The first-order valence-electron chi connectivity index (χ1n) is 6.86. The first-order valence-corrected chi connectivity index (χ1v) is 7.68. The average molecular weight is 293 g/mol. The van der Waals surface area contributed by atoms with E-state index in [0.717, 1.165) is 42.0 Å². The Morgan fingerprint density at radius 3 is 3.15 bits per heavy atom. The van der Waals surface area contributed by atoms with Gasteiger partial charge in [0.1, 0.15) is 10.6 Å². The van der Waals surface area contributed by atoms with Crippen molar-refractivity contribution in [2.24, 2.45) is 5.84 Å². The number of aromatic nitrogens is 2. The first kappa shape index (κ1) is 13.5. The van der Waals surface area contributed by atoms with Gasteiger partial charge in [-0.25, -0.2) is 10.8 Å². The fraction of sp³-hybridized carbons (Fsp3) is 0.538. The summed E-state index contributed by atoms with van der Waals surface area (Å²) in [7, 11) is 0. The number of ether oxygens (including phenoxy) is 1. The Morgan fingerprint density at radius 2 is 2.40 bits per heavy atom. The fourth-order valence-corrected chi connectivity index (χ4v) is 3.34. The van der Waals surface area contributed by atoms with Crippen molar-refractivity contribution in [3.63, 3.8) is 0 Å². The summed E-state index contributed by atoms with van der Waals surface area (Å²) in [5.74, 6) is 6.71. The zero-order chi connectivity index (χ0) is 13.9. The Hall–Kier alpha value is -1.44. The van der Waals surface area contributed by atoms with Crippen LogP contribution < -0.4 is 16.6 Å². The lowest BCUT2D eigenvalue weighted by Gasteiger charge is -2.11. The summed E-state index contributed by atoms with van der Waals surface area (Å²) in [6.07, 6.45) is 3.72. The molecule has 1 aliphatic rings. The molecule has 1 fully saturated rings. The van der Waals surface area contributed by atoms with Crippen molar-refractivity contribution in [1.29, 1.82) is 0 Å². The summed E-state index contributed by atoms with van der Waals surface area (Å²) in [6.45, 7) is 3.81. The molecule has 3 rings (SSSR count). The van der Waals surface area contributed by atoms with E-state index in [9.17, 15) is 0 Å². The molecule has 0 amide bonds. The van der Waals surface area contributed by atoms with Crippen molar-refractivity contribution in [2.45, 2.75) is 32.3 Å². The maximum Gasteiger partial charge on any atom is 0.240 e. The highest BCUT2D eigenvalue weighted by Gasteiger charge is 2.15. The Morgan fingerprint density at radius 1 is 1.50 bits per heavy atom. The minimum atomic E-state index is 0.385. The number of hydrogen-bond acceptors (Lipinski definition) is 7. The summed E-state index contributed by atoms with van der Waals surface area (Å²) >= 11 is 1.64.